The van der Waals surface area contributed by atoms with E-state index in [1.165, 1.54) is 0 Å². The summed E-state index contributed by atoms with van der Waals surface area (Å²) in [5, 5.41) is 13.1. The number of hydrogen-bond donors (Lipinski definition) is 1. The Hall–Kier alpha value is -2.15. The molecule has 6 nitrogen and oxygen atoms in total. The number of hydrogen-bond acceptors (Lipinski definition) is 5. The lowest BCUT2D eigenvalue weighted by Crippen LogP contribution is -2.30. The quantitative estimate of drug-likeness (QED) is 0.685. The number of piperidine rings is 1. The molecule has 3 aromatic rings. The van der Waals surface area contributed by atoms with Crippen LogP contribution in [-0.4, -0.2) is 33.1 Å². The summed E-state index contributed by atoms with van der Waals surface area (Å²) in [4.78, 5) is 4.66. The van der Waals surface area contributed by atoms with Gasteiger partial charge >= 0.3 is 0 Å². The molecule has 1 aliphatic rings. The summed E-state index contributed by atoms with van der Waals surface area (Å²) in [6.07, 6.45) is 2.04. The first-order valence-electron chi connectivity index (χ1n) is 8.84. The molecule has 1 N–H and O–H groups in total. The number of nitrogens with zero attached hydrogens (tertiary/aromatic N) is 4. The highest BCUT2D eigenvalue weighted by Crippen LogP contribution is 2.31. The fourth-order valence-corrected chi connectivity index (χ4v) is 3.80. The lowest BCUT2D eigenvalue weighted by Gasteiger charge is -2.24. The smallest absolute Gasteiger partial charge is 0.219 e. The molecule has 0 aliphatic carbocycles. The molecule has 0 amide bonds. The summed E-state index contributed by atoms with van der Waals surface area (Å²) >= 11 is 12.1. The minimum Gasteiger partial charge on any atom is -0.439 e. The van der Waals surface area contributed by atoms with E-state index in [1.807, 2.05) is 23.7 Å². The Morgan fingerprint density at radius 3 is 2.59 bits per heavy atom. The van der Waals surface area contributed by atoms with Crippen molar-refractivity contribution in [2.45, 2.75) is 25.8 Å². The summed E-state index contributed by atoms with van der Waals surface area (Å²) in [7, 11) is 0. The third kappa shape index (κ3) is 4.08. The van der Waals surface area contributed by atoms with Crippen molar-refractivity contribution in [3.63, 3.8) is 0 Å². The minimum atomic E-state index is 0.320. The summed E-state index contributed by atoms with van der Waals surface area (Å²) in [6, 6.07) is 11.0. The van der Waals surface area contributed by atoms with Gasteiger partial charge in [-0.15, -0.1) is 5.10 Å². The molecule has 0 radical (unpaired) electrons. The average Bonchev–Trinajstić information content (AvgIpc) is 3.03. The lowest BCUT2D eigenvalue weighted by molar-refractivity contribution is 0.340. The highest BCUT2D eigenvalue weighted by Gasteiger charge is 2.22. The number of pyridine rings is 1. The van der Waals surface area contributed by atoms with Crippen molar-refractivity contribution in [1.82, 2.24) is 25.3 Å². The van der Waals surface area contributed by atoms with Crippen LogP contribution in [0, 0.1) is 6.92 Å². The second-order valence-corrected chi connectivity index (χ2v) is 7.39. The van der Waals surface area contributed by atoms with Crippen LogP contribution in [0.2, 0.25) is 10.0 Å². The third-order valence-corrected chi connectivity index (χ3v) is 4.98. The number of halogens is 2. The number of rotatable bonds is 4. The van der Waals surface area contributed by atoms with Gasteiger partial charge in [0.25, 0.3) is 0 Å². The first kappa shape index (κ1) is 18.2. The maximum atomic E-state index is 6.05. The SMILES string of the molecule is Cc1nnn(C2CCNCC2)c1-c1cccc(Oc2cc(Cl)cc(Cl)c2)n1. The van der Waals surface area contributed by atoms with Crippen molar-refractivity contribution in [1.29, 1.82) is 0 Å². The topological polar surface area (TPSA) is 64.9 Å². The van der Waals surface area contributed by atoms with Crippen molar-refractivity contribution in [3.05, 3.63) is 52.1 Å². The molecule has 3 heterocycles. The molecular weight excluding hydrogens is 385 g/mol. The molecule has 1 fully saturated rings. The van der Waals surface area contributed by atoms with Crippen LogP contribution in [0.4, 0.5) is 0 Å². The van der Waals surface area contributed by atoms with Crippen LogP contribution >= 0.6 is 23.2 Å². The maximum absolute atomic E-state index is 6.05. The Morgan fingerprint density at radius 2 is 1.85 bits per heavy atom. The Morgan fingerprint density at radius 1 is 1.11 bits per heavy atom. The summed E-state index contributed by atoms with van der Waals surface area (Å²) < 4.78 is 7.86. The third-order valence-electron chi connectivity index (χ3n) is 4.54. The molecule has 2 aromatic heterocycles. The van der Waals surface area contributed by atoms with Gasteiger partial charge in [0.15, 0.2) is 0 Å². The van der Waals surface area contributed by atoms with Crippen molar-refractivity contribution in [2.75, 3.05) is 13.1 Å². The first-order chi connectivity index (χ1) is 13.1. The number of benzene rings is 1. The number of aryl methyl sites for hydroxylation is 1. The highest BCUT2D eigenvalue weighted by molar-refractivity contribution is 6.34. The molecule has 140 valence electrons. The van der Waals surface area contributed by atoms with E-state index in [2.05, 4.69) is 20.6 Å². The second kappa shape index (κ2) is 7.84. The van der Waals surface area contributed by atoms with Crippen LogP contribution in [0.5, 0.6) is 11.6 Å². The zero-order valence-corrected chi connectivity index (χ0v) is 16.3. The van der Waals surface area contributed by atoms with E-state index in [4.69, 9.17) is 27.9 Å². The Kier molecular flexibility index (Phi) is 5.29. The number of nitrogens with one attached hydrogen (secondary N) is 1. The van der Waals surface area contributed by atoms with E-state index in [-0.39, 0.29) is 0 Å². The van der Waals surface area contributed by atoms with Crippen molar-refractivity contribution < 1.29 is 4.74 Å². The molecule has 1 saturated heterocycles. The second-order valence-electron chi connectivity index (χ2n) is 6.52. The average molecular weight is 404 g/mol. The van der Waals surface area contributed by atoms with Crippen molar-refractivity contribution >= 4 is 23.2 Å². The van der Waals surface area contributed by atoms with Crippen molar-refractivity contribution in [3.8, 4) is 23.0 Å². The van der Waals surface area contributed by atoms with Gasteiger partial charge in [-0.3, -0.25) is 0 Å². The molecule has 8 heteroatoms. The molecule has 27 heavy (non-hydrogen) atoms. The van der Waals surface area contributed by atoms with Gasteiger partial charge in [0, 0.05) is 16.1 Å². The Bertz CT molecular complexity index is 933. The lowest BCUT2D eigenvalue weighted by atomic mass is 10.1. The molecule has 1 aromatic carbocycles. The van der Waals surface area contributed by atoms with Gasteiger partial charge in [0.2, 0.25) is 5.88 Å². The van der Waals surface area contributed by atoms with Crippen LogP contribution in [-0.2, 0) is 0 Å². The van der Waals surface area contributed by atoms with Crippen LogP contribution in [0.25, 0.3) is 11.4 Å². The van der Waals surface area contributed by atoms with E-state index >= 15 is 0 Å². The largest absolute Gasteiger partial charge is 0.439 e. The molecule has 4 rings (SSSR count). The van der Waals surface area contributed by atoms with E-state index in [9.17, 15) is 0 Å². The van der Waals surface area contributed by atoms with E-state index < -0.39 is 0 Å². The Balaban J connectivity index is 1.66. The van der Waals surface area contributed by atoms with E-state index in [1.54, 1.807) is 24.3 Å². The summed E-state index contributed by atoms with van der Waals surface area (Å²) in [5.74, 6) is 1.00. The first-order valence-corrected chi connectivity index (χ1v) is 9.59. The van der Waals surface area contributed by atoms with Gasteiger partial charge < -0.3 is 10.1 Å². The predicted molar refractivity (Wildman–Crippen MR) is 106 cm³/mol. The van der Waals surface area contributed by atoms with Gasteiger partial charge in [-0.1, -0.05) is 34.5 Å². The van der Waals surface area contributed by atoms with Gasteiger partial charge in [0.05, 0.1) is 17.4 Å². The molecule has 0 spiro atoms. The van der Waals surface area contributed by atoms with Crippen LogP contribution in [0.15, 0.2) is 36.4 Å². The van der Waals surface area contributed by atoms with Gasteiger partial charge in [-0.25, -0.2) is 9.67 Å². The van der Waals surface area contributed by atoms with Crippen LogP contribution in [0.1, 0.15) is 24.6 Å². The van der Waals surface area contributed by atoms with Crippen molar-refractivity contribution in [2.24, 2.45) is 0 Å². The number of ether oxygens (including phenoxy) is 1. The van der Waals surface area contributed by atoms with Gasteiger partial charge in [-0.2, -0.15) is 0 Å². The van der Waals surface area contributed by atoms with Gasteiger partial charge in [-0.05, 0) is 57.1 Å². The molecule has 0 saturated carbocycles. The molecule has 0 bridgehead atoms. The van der Waals surface area contributed by atoms with Gasteiger partial charge in [0.1, 0.15) is 11.4 Å². The normalized spacial score (nSPS) is 15.1. The van der Waals surface area contributed by atoms with Crippen LogP contribution < -0.4 is 10.1 Å². The molecule has 0 atom stereocenters. The maximum Gasteiger partial charge on any atom is 0.219 e. The summed E-state index contributed by atoms with van der Waals surface area (Å²) in [6.45, 7) is 3.91. The zero-order chi connectivity index (χ0) is 18.8. The summed E-state index contributed by atoms with van der Waals surface area (Å²) in [5.41, 5.74) is 2.56. The highest BCUT2D eigenvalue weighted by atomic mass is 35.5. The minimum absolute atomic E-state index is 0.320. The standard InChI is InChI=1S/C19H19Cl2N5O/c1-12-19(26(25-24-12)15-5-7-22-8-6-15)17-3-2-4-18(23-17)27-16-10-13(20)9-14(21)11-16/h2-4,9-11,15,22H,5-8H2,1H3. The molecule has 1 aliphatic heterocycles. The number of aromatic nitrogens is 4. The van der Waals surface area contributed by atoms with Crippen LogP contribution in [0.3, 0.4) is 0 Å². The van der Waals surface area contributed by atoms with E-state index in [0.717, 1.165) is 43.0 Å². The van der Waals surface area contributed by atoms with E-state index in [0.29, 0.717) is 27.7 Å². The molecule has 0 unspecified atom stereocenters. The predicted octanol–water partition coefficient (Wildman–Crippen LogP) is 4.67. The fraction of sp³-hybridized carbons (Fsp3) is 0.316. The Labute approximate surface area is 167 Å². The molecular formula is C19H19Cl2N5O. The zero-order valence-electron chi connectivity index (χ0n) is 14.8. The fourth-order valence-electron chi connectivity index (χ4n) is 3.29. The monoisotopic (exact) mass is 403 g/mol.